The van der Waals surface area contributed by atoms with E-state index in [9.17, 15) is 0 Å². The maximum atomic E-state index is 6.10. The summed E-state index contributed by atoms with van der Waals surface area (Å²) in [5.41, 5.74) is 7.22. The topological polar surface area (TPSA) is 44.5 Å². The molecule has 0 aliphatic rings. The molecule has 1 aromatic carbocycles. The summed E-state index contributed by atoms with van der Waals surface area (Å²) in [5, 5.41) is 0. The average Bonchev–Trinajstić information content (AvgIpc) is 2.36. The lowest BCUT2D eigenvalue weighted by Crippen LogP contribution is -2.18. The van der Waals surface area contributed by atoms with Crippen molar-refractivity contribution < 1.29 is 9.47 Å². The van der Waals surface area contributed by atoms with E-state index in [0.717, 1.165) is 30.8 Å². The van der Waals surface area contributed by atoms with Crippen molar-refractivity contribution >= 4 is 0 Å². The first-order valence-corrected chi connectivity index (χ1v) is 6.18. The van der Waals surface area contributed by atoms with Crippen LogP contribution in [0.2, 0.25) is 0 Å². The Morgan fingerprint density at radius 1 is 1.24 bits per heavy atom. The summed E-state index contributed by atoms with van der Waals surface area (Å²) in [6.07, 6.45) is 2.03. The number of methoxy groups -OCH3 is 1. The highest BCUT2D eigenvalue weighted by Gasteiger charge is 2.10. The number of nitrogens with two attached hydrogens (primary N) is 1. The van der Waals surface area contributed by atoms with Crippen molar-refractivity contribution in [1.29, 1.82) is 0 Å². The molecule has 0 radical (unpaired) electrons. The van der Waals surface area contributed by atoms with Gasteiger partial charge in [0.2, 0.25) is 0 Å². The summed E-state index contributed by atoms with van der Waals surface area (Å²) in [5.74, 6) is 0.905. The Kier molecular flexibility index (Phi) is 6.01. The number of hydrogen-bond acceptors (Lipinski definition) is 3. The summed E-state index contributed by atoms with van der Waals surface area (Å²) in [6, 6.07) is 8.02. The number of hydrogen-bond donors (Lipinski definition) is 1. The second-order valence-electron chi connectivity index (χ2n) is 4.31. The van der Waals surface area contributed by atoms with Crippen LogP contribution in [0.5, 0.6) is 5.75 Å². The van der Waals surface area contributed by atoms with Crippen molar-refractivity contribution in [2.24, 2.45) is 5.73 Å². The highest BCUT2D eigenvalue weighted by molar-refractivity contribution is 5.29. The molecule has 3 heteroatoms. The standard InChI is InChI=1S/C14H23NO2/c1-4-9-17-13-7-5-12(6-8-13)14(15)10-11(2)16-3/h5-8,11,14H,4,9-10,15H2,1-3H3. The van der Waals surface area contributed by atoms with Gasteiger partial charge >= 0.3 is 0 Å². The van der Waals surface area contributed by atoms with Gasteiger partial charge in [-0.2, -0.15) is 0 Å². The molecule has 0 spiro atoms. The maximum absolute atomic E-state index is 6.10. The molecule has 0 aromatic heterocycles. The van der Waals surface area contributed by atoms with E-state index in [0.29, 0.717) is 0 Å². The van der Waals surface area contributed by atoms with E-state index in [1.54, 1.807) is 7.11 Å². The molecule has 2 unspecified atom stereocenters. The third kappa shape index (κ3) is 4.75. The molecule has 1 aromatic rings. The van der Waals surface area contributed by atoms with Crippen LogP contribution in [0.3, 0.4) is 0 Å². The van der Waals surface area contributed by atoms with E-state index in [-0.39, 0.29) is 12.1 Å². The Labute approximate surface area is 104 Å². The van der Waals surface area contributed by atoms with Gasteiger partial charge in [0.05, 0.1) is 12.7 Å². The first kappa shape index (κ1) is 14.0. The molecular weight excluding hydrogens is 214 g/mol. The smallest absolute Gasteiger partial charge is 0.119 e. The van der Waals surface area contributed by atoms with Crippen molar-refractivity contribution in [1.82, 2.24) is 0 Å². The van der Waals surface area contributed by atoms with E-state index in [4.69, 9.17) is 15.2 Å². The Balaban J connectivity index is 2.54. The van der Waals surface area contributed by atoms with Gasteiger partial charge in [-0.25, -0.2) is 0 Å². The molecule has 0 aliphatic carbocycles. The minimum absolute atomic E-state index is 0.0187. The first-order chi connectivity index (χ1) is 8.17. The fourth-order valence-corrected chi connectivity index (χ4v) is 1.62. The highest BCUT2D eigenvalue weighted by Crippen LogP contribution is 2.20. The number of benzene rings is 1. The third-order valence-electron chi connectivity index (χ3n) is 2.77. The van der Waals surface area contributed by atoms with Crippen LogP contribution >= 0.6 is 0 Å². The SMILES string of the molecule is CCCOc1ccc(C(N)CC(C)OC)cc1. The molecule has 2 N–H and O–H groups in total. The molecule has 0 saturated carbocycles. The summed E-state index contributed by atoms with van der Waals surface area (Å²) in [6.45, 7) is 4.88. The van der Waals surface area contributed by atoms with Gasteiger partial charge in [0.25, 0.3) is 0 Å². The Bertz CT molecular complexity index is 311. The summed E-state index contributed by atoms with van der Waals surface area (Å²) < 4.78 is 10.7. The van der Waals surface area contributed by atoms with E-state index >= 15 is 0 Å². The highest BCUT2D eigenvalue weighted by atomic mass is 16.5. The van der Waals surface area contributed by atoms with Gasteiger partial charge in [-0.05, 0) is 37.5 Å². The lowest BCUT2D eigenvalue weighted by Gasteiger charge is -2.16. The lowest BCUT2D eigenvalue weighted by molar-refractivity contribution is 0.104. The predicted molar refractivity (Wildman–Crippen MR) is 70.2 cm³/mol. The molecule has 0 bridgehead atoms. The van der Waals surface area contributed by atoms with Crippen LogP contribution in [0.1, 0.15) is 38.3 Å². The van der Waals surface area contributed by atoms with E-state index in [1.807, 2.05) is 31.2 Å². The van der Waals surface area contributed by atoms with Crippen LogP contribution in [-0.4, -0.2) is 19.8 Å². The zero-order chi connectivity index (χ0) is 12.7. The average molecular weight is 237 g/mol. The molecule has 0 saturated heterocycles. The van der Waals surface area contributed by atoms with Crippen LogP contribution < -0.4 is 10.5 Å². The van der Waals surface area contributed by atoms with Gasteiger partial charge < -0.3 is 15.2 Å². The van der Waals surface area contributed by atoms with Crippen LogP contribution in [0.15, 0.2) is 24.3 Å². The third-order valence-corrected chi connectivity index (χ3v) is 2.77. The van der Waals surface area contributed by atoms with Gasteiger partial charge in [0.1, 0.15) is 5.75 Å². The van der Waals surface area contributed by atoms with Gasteiger partial charge in [-0.1, -0.05) is 19.1 Å². The van der Waals surface area contributed by atoms with Crippen LogP contribution in [0.4, 0.5) is 0 Å². The summed E-state index contributed by atoms with van der Waals surface area (Å²) >= 11 is 0. The molecule has 96 valence electrons. The van der Waals surface area contributed by atoms with Gasteiger partial charge in [0, 0.05) is 13.2 Å². The van der Waals surface area contributed by atoms with Crippen molar-refractivity contribution in [2.75, 3.05) is 13.7 Å². The molecule has 1 rings (SSSR count). The normalized spacial score (nSPS) is 14.4. The molecule has 0 fully saturated rings. The van der Waals surface area contributed by atoms with Gasteiger partial charge in [-0.3, -0.25) is 0 Å². The zero-order valence-corrected chi connectivity index (χ0v) is 11.0. The first-order valence-electron chi connectivity index (χ1n) is 6.18. The van der Waals surface area contributed by atoms with E-state index < -0.39 is 0 Å². The van der Waals surface area contributed by atoms with Crippen molar-refractivity contribution in [3.05, 3.63) is 29.8 Å². The minimum atomic E-state index is 0.0187. The second kappa shape index (κ2) is 7.30. The fourth-order valence-electron chi connectivity index (χ4n) is 1.62. The summed E-state index contributed by atoms with van der Waals surface area (Å²) in [7, 11) is 1.71. The largest absolute Gasteiger partial charge is 0.494 e. The van der Waals surface area contributed by atoms with E-state index in [2.05, 4.69) is 6.92 Å². The second-order valence-corrected chi connectivity index (χ2v) is 4.31. The van der Waals surface area contributed by atoms with Crippen LogP contribution in [-0.2, 0) is 4.74 Å². The number of rotatable bonds is 7. The lowest BCUT2D eigenvalue weighted by atomic mass is 10.0. The van der Waals surface area contributed by atoms with Crippen molar-refractivity contribution in [3.63, 3.8) is 0 Å². The summed E-state index contributed by atoms with van der Waals surface area (Å²) in [4.78, 5) is 0. The van der Waals surface area contributed by atoms with Crippen molar-refractivity contribution in [3.8, 4) is 5.75 Å². The molecule has 3 nitrogen and oxygen atoms in total. The zero-order valence-electron chi connectivity index (χ0n) is 11.0. The molecule has 0 amide bonds. The quantitative estimate of drug-likeness (QED) is 0.793. The van der Waals surface area contributed by atoms with Gasteiger partial charge in [0.15, 0.2) is 0 Å². The molecule has 0 heterocycles. The monoisotopic (exact) mass is 237 g/mol. The molecule has 0 aliphatic heterocycles. The predicted octanol–water partition coefficient (Wildman–Crippen LogP) is 2.90. The van der Waals surface area contributed by atoms with Gasteiger partial charge in [-0.15, -0.1) is 0 Å². The number of ether oxygens (including phenoxy) is 2. The molecule has 17 heavy (non-hydrogen) atoms. The fraction of sp³-hybridized carbons (Fsp3) is 0.571. The molecular formula is C14H23NO2. The Hall–Kier alpha value is -1.06. The van der Waals surface area contributed by atoms with E-state index in [1.165, 1.54) is 0 Å². The van der Waals surface area contributed by atoms with Crippen LogP contribution in [0, 0.1) is 0 Å². The molecule has 2 atom stereocenters. The van der Waals surface area contributed by atoms with Crippen molar-refractivity contribution in [2.45, 2.75) is 38.8 Å². The minimum Gasteiger partial charge on any atom is -0.494 e. The van der Waals surface area contributed by atoms with Crippen LogP contribution in [0.25, 0.3) is 0 Å². The maximum Gasteiger partial charge on any atom is 0.119 e. The Morgan fingerprint density at radius 2 is 1.88 bits per heavy atom. The Morgan fingerprint density at radius 3 is 2.41 bits per heavy atom.